The molecule has 0 atom stereocenters. The van der Waals surface area contributed by atoms with Crippen molar-refractivity contribution in [2.45, 2.75) is 13.2 Å². The van der Waals surface area contributed by atoms with E-state index in [1.54, 1.807) is 24.3 Å². The van der Waals surface area contributed by atoms with Crippen LogP contribution in [0.5, 0.6) is 5.75 Å². The lowest BCUT2D eigenvalue weighted by Crippen LogP contribution is -2.18. The summed E-state index contributed by atoms with van der Waals surface area (Å²) < 4.78 is 12.0. The molecule has 2 aromatic carbocycles. The van der Waals surface area contributed by atoms with Crippen LogP contribution in [0.4, 0.5) is 11.4 Å². The molecule has 11 heteroatoms. The molecule has 0 aliphatic rings. The molecule has 2 aromatic heterocycles. The molecule has 2 heterocycles. The highest BCUT2D eigenvalue weighted by atomic mass is 16.6. The number of amides is 1. The van der Waals surface area contributed by atoms with E-state index in [0.29, 0.717) is 28.7 Å². The molecule has 1 amide bonds. The summed E-state index contributed by atoms with van der Waals surface area (Å²) in [7, 11) is 0. The first-order chi connectivity index (χ1) is 15.1. The lowest BCUT2D eigenvalue weighted by Gasteiger charge is -2.05. The van der Waals surface area contributed by atoms with Crippen LogP contribution in [0.2, 0.25) is 0 Å². The van der Waals surface area contributed by atoms with Crippen LogP contribution >= 0.6 is 0 Å². The van der Waals surface area contributed by atoms with E-state index in [9.17, 15) is 14.9 Å². The van der Waals surface area contributed by atoms with Gasteiger partial charge in [0.1, 0.15) is 24.7 Å². The van der Waals surface area contributed by atoms with Crippen LogP contribution in [0.25, 0.3) is 11.4 Å². The molecule has 0 bridgehead atoms. The molecule has 0 saturated carbocycles. The van der Waals surface area contributed by atoms with Gasteiger partial charge in [-0.3, -0.25) is 19.6 Å². The zero-order valence-electron chi connectivity index (χ0n) is 16.0. The van der Waals surface area contributed by atoms with Gasteiger partial charge in [0.25, 0.3) is 5.89 Å². The third-order valence-electron chi connectivity index (χ3n) is 4.14. The summed E-state index contributed by atoms with van der Waals surface area (Å²) in [5.41, 5.74) is 1.08. The number of aromatic nitrogens is 4. The third-order valence-corrected chi connectivity index (χ3v) is 4.14. The lowest BCUT2D eigenvalue weighted by atomic mass is 10.2. The summed E-state index contributed by atoms with van der Waals surface area (Å²) in [6, 6.07) is 16.2. The van der Waals surface area contributed by atoms with Crippen LogP contribution in [0.15, 0.2) is 71.5 Å². The minimum Gasteiger partial charge on any atom is -0.484 e. The maximum absolute atomic E-state index is 12.1. The van der Waals surface area contributed by atoms with E-state index in [2.05, 4.69) is 20.6 Å². The van der Waals surface area contributed by atoms with E-state index in [1.165, 1.54) is 10.9 Å². The second kappa shape index (κ2) is 8.86. The standard InChI is InChI=1S/C20H16N6O5/c27-18(12-25-11-16(10-21-25)26(28)29)22-15-8-6-14(7-9-15)20-23-19(31-24-20)13-30-17-4-2-1-3-5-17/h1-11H,12-13H2,(H,22,27). The molecule has 0 unspecified atom stereocenters. The number of para-hydroxylation sites is 1. The number of benzene rings is 2. The molecule has 1 N–H and O–H groups in total. The van der Waals surface area contributed by atoms with Crippen molar-refractivity contribution in [3.05, 3.63) is 83.0 Å². The first-order valence-corrected chi connectivity index (χ1v) is 9.14. The van der Waals surface area contributed by atoms with Crippen LogP contribution in [0.1, 0.15) is 5.89 Å². The van der Waals surface area contributed by atoms with Crippen LogP contribution in [-0.4, -0.2) is 30.8 Å². The van der Waals surface area contributed by atoms with Crippen molar-refractivity contribution in [2.24, 2.45) is 0 Å². The summed E-state index contributed by atoms with van der Waals surface area (Å²) in [6.07, 6.45) is 2.28. The number of nitro groups is 1. The molecule has 4 aromatic rings. The van der Waals surface area contributed by atoms with E-state index in [1.807, 2.05) is 30.3 Å². The van der Waals surface area contributed by atoms with Gasteiger partial charge in [0.15, 0.2) is 6.61 Å². The monoisotopic (exact) mass is 420 g/mol. The number of anilines is 1. The van der Waals surface area contributed by atoms with Gasteiger partial charge in [0.2, 0.25) is 11.7 Å². The lowest BCUT2D eigenvalue weighted by molar-refractivity contribution is -0.385. The van der Waals surface area contributed by atoms with Gasteiger partial charge in [0, 0.05) is 11.3 Å². The molecule has 0 radical (unpaired) electrons. The maximum atomic E-state index is 12.1. The van der Waals surface area contributed by atoms with E-state index >= 15 is 0 Å². The molecular weight excluding hydrogens is 404 g/mol. The normalized spacial score (nSPS) is 10.6. The summed E-state index contributed by atoms with van der Waals surface area (Å²) in [5.74, 6) is 1.07. The van der Waals surface area contributed by atoms with E-state index in [-0.39, 0.29) is 24.7 Å². The second-order valence-electron chi connectivity index (χ2n) is 6.39. The smallest absolute Gasteiger partial charge is 0.307 e. The Balaban J connectivity index is 1.33. The number of carbonyl (C=O) groups is 1. The van der Waals surface area contributed by atoms with Gasteiger partial charge in [-0.25, -0.2) is 0 Å². The van der Waals surface area contributed by atoms with Gasteiger partial charge in [-0.2, -0.15) is 10.1 Å². The van der Waals surface area contributed by atoms with Crippen LogP contribution in [0.3, 0.4) is 0 Å². The van der Waals surface area contributed by atoms with Gasteiger partial charge >= 0.3 is 5.69 Å². The molecule has 4 rings (SSSR count). The Kier molecular flexibility index (Phi) is 5.65. The first kappa shape index (κ1) is 19.8. The number of nitrogens with zero attached hydrogens (tertiary/aromatic N) is 5. The summed E-state index contributed by atoms with van der Waals surface area (Å²) in [5, 5.41) is 21.1. The van der Waals surface area contributed by atoms with Crippen molar-refractivity contribution in [1.82, 2.24) is 19.9 Å². The Labute approximate surface area is 175 Å². The fourth-order valence-corrected chi connectivity index (χ4v) is 2.68. The van der Waals surface area contributed by atoms with Crippen molar-refractivity contribution in [3.8, 4) is 17.1 Å². The summed E-state index contributed by atoms with van der Waals surface area (Å²) >= 11 is 0. The highest BCUT2D eigenvalue weighted by Gasteiger charge is 2.12. The van der Waals surface area contributed by atoms with E-state index in [0.717, 1.165) is 6.20 Å². The molecule has 0 spiro atoms. The van der Waals surface area contributed by atoms with Crippen molar-refractivity contribution in [2.75, 3.05) is 5.32 Å². The first-order valence-electron chi connectivity index (χ1n) is 9.14. The SMILES string of the molecule is O=C(Cn1cc([N+](=O)[O-])cn1)Nc1ccc(-c2noc(COc3ccccc3)n2)cc1. The second-order valence-corrected chi connectivity index (χ2v) is 6.39. The predicted octanol–water partition coefficient (Wildman–Crippen LogP) is 3.06. The Bertz CT molecular complexity index is 1190. The summed E-state index contributed by atoms with van der Waals surface area (Å²) in [6.45, 7) is 0.00194. The molecule has 0 fully saturated rings. The third kappa shape index (κ3) is 5.09. The molecule has 156 valence electrons. The molecule has 0 aliphatic heterocycles. The number of ether oxygens (including phenoxy) is 1. The predicted molar refractivity (Wildman–Crippen MR) is 108 cm³/mol. The highest BCUT2D eigenvalue weighted by molar-refractivity contribution is 5.90. The van der Waals surface area contributed by atoms with Crippen molar-refractivity contribution in [1.29, 1.82) is 0 Å². The number of hydrogen-bond acceptors (Lipinski definition) is 8. The molecule has 0 saturated heterocycles. The molecular formula is C20H16N6O5. The quantitative estimate of drug-likeness (QED) is 0.339. The van der Waals surface area contributed by atoms with E-state index in [4.69, 9.17) is 9.26 Å². The Morgan fingerprint density at radius 1 is 1.16 bits per heavy atom. The zero-order valence-corrected chi connectivity index (χ0v) is 16.0. The minimum absolute atomic E-state index is 0.148. The van der Waals surface area contributed by atoms with E-state index < -0.39 is 4.92 Å². The maximum Gasteiger partial charge on any atom is 0.307 e. The number of hydrogen-bond donors (Lipinski definition) is 1. The Hall–Kier alpha value is -4.54. The van der Waals surface area contributed by atoms with Crippen molar-refractivity contribution < 1.29 is 19.0 Å². The van der Waals surface area contributed by atoms with Gasteiger partial charge in [-0.15, -0.1) is 0 Å². The van der Waals surface area contributed by atoms with Crippen molar-refractivity contribution >= 4 is 17.3 Å². The average molecular weight is 420 g/mol. The van der Waals surface area contributed by atoms with Gasteiger partial charge in [-0.1, -0.05) is 23.4 Å². The van der Waals surface area contributed by atoms with Crippen LogP contribution in [0, 0.1) is 10.1 Å². The molecule has 31 heavy (non-hydrogen) atoms. The topological polar surface area (TPSA) is 138 Å². The minimum atomic E-state index is -0.572. The van der Waals surface area contributed by atoms with Crippen molar-refractivity contribution in [3.63, 3.8) is 0 Å². The molecule has 11 nitrogen and oxygen atoms in total. The van der Waals surface area contributed by atoms with Crippen LogP contribution < -0.4 is 10.1 Å². The van der Waals surface area contributed by atoms with Gasteiger partial charge in [-0.05, 0) is 36.4 Å². The van der Waals surface area contributed by atoms with Gasteiger partial charge in [0.05, 0.1) is 4.92 Å². The average Bonchev–Trinajstić information content (AvgIpc) is 3.43. The fourth-order valence-electron chi connectivity index (χ4n) is 2.68. The Morgan fingerprint density at radius 3 is 2.65 bits per heavy atom. The largest absolute Gasteiger partial charge is 0.484 e. The summed E-state index contributed by atoms with van der Waals surface area (Å²) in [4.78, 5) is 26.5. The van der Waals surface area contributed by atoms with Gasteiger partial charge < -0.3 is 14.6 Å². The zero-order chi connectivity index (χ0) is 21.6. The molecule has 0 aliphatic carbocycles. The van der Waals surface area contributed by atoms with Crippen LogP contribution in [-0.2, 0) is 17.9 Å². The fraction of sp³-hybridized carbons (Fsp3) is 0.100. The number of rotatable bonds is 8. The number of carbonyl (C=O) groups excluding carboxylic acids is 1. The number of nitrogens with one attached hydrogen (secondary N) is 1. The Morgan fingerprint density at radius 2 is 1.94 bits per heavy atom. The highest BCUT2D eigenvalue weighted by Crippen LogP contribution is 2.20.